The van der Waals surface area contributed by atoms with E-state index in [1.807, 2.05) is 0 Å². The van der Waals surface area contributed by atoms with Crippen molar-refractivity contribution in [3.63, 3.8) is 0 Å². The summed E-state index contributed by atoms with van der Waals surface area (Å²) in [7, 11) is -2.55. The number of hydrogen-bond acceptors (Lipinski definition) is 3. The van der Waals surface area contributed by atoms with Crippen molar-refractivity contribution in [3.8, 4) is 11.3 Å². The standard InChI is InChI=1S/C13H8BF6NO2/c15-12(16,17)8-3-1-2-7(6-8)11-10(14(22)23)9(4-5-21-11)13(18,19)20/h1-6,22-23H. The molecule has 0 saturated carbocycles. The lowest BCUT2D eigenvalue weighted by Gasteiger charge is -2.16. The molecule has 2 aromatic rings. The molecule has 1 aromatic carbocycles. The van der Waals surface area contributed by atoms with E-state index in [4.69, 9.17) is 0 Å². The van der Waals surface area contributed by atoms with Crippen molar-refractivity contribution in [2.24, 2.45) is 0 Å². The van der Waals surface area contributed by atoms with Crippen LogP contribution in [0.3, 0.4) is 0 Å². The number of halogens is 6. The van der Waals surface area contributed by atoms with Crippen LogP contribution in [-0.2, 0) is 12.4 Å². The molecule has 0 amide bonds. The molecule has 0 fully saturated rings. The summed E-state index contributed by atoms with van der Waals surface area (Å²) in [5, 5.41) is 18.5. The van der Waals surface area contributed by atoms with Gasteiger partial charge in [-0.05, 0) is 18.2 Å². The van der Waals surface area contributed by atoms with Crippen molar-refractivity contribution >= 4 is 12.6 Å². The Bertz CT molecular complexity index is 714. The molecule has 0 radical (unpaired) electrons. The van der Waals surface area contributed by atoms with Gasteiger partial charge in [-0.1, -0.05) is 12.1 Å². The molecule has 1 heterocycles. The van der Waals surface area contributed by atoms with Crippen LogP contribution < -0.4 is 5.46 Å². The summed E-state index contributed by atoms with van der Waals surface area (Å²) in [6.07, 6.45) is -8.88. The van der Waals surface area contributed by atoms with Gasteiger partial charge in [0.2, 0.25) is 0 Å². The Hall–Kier alpha value is -2.07. The highest BCUT2D eigenvalue weighted by molar-refractivity contribution is 6.61. The first-order valence-electron chi connectivity index (χ1n) is 6.11. The minimum Gasteiger partial charge on any atom is -0.423 e. The molecule has 0 aliphatic rings. The van der Waals surface area contributed by atoms with E-state index in [1.54, 1.807) is 0 Å². The topological polar surface area (TPSA) is 53.4 Å². The molecule has 10 heteroatoms. The molecule has 0 atom stereocenters. The quantitative estimate of drug-likeness (QED) is 0.655. The summed E-state index contributed by atoms with van der Waals surface area (Å²) in [6.45, 7) is 0. The molecule has 0 bridgehead atoms. The second kappa shape index (κ2) is 5.86. The molecule has 2 rings (SSSR count). The van der Waals surface area contributed by atoms with Crippen LogP contribution in [-0.4, -0.2) is 22.2 Å². The Morgan fingerprint density at radius 2 is 1.57 bits per heavy atom. The highest BCUT2D eigenvalue weighted by Crippen LogP contribution is 2.33. The van der Waals surface area contributed by atoms with Crippen LogP contribution in [0.2, 0.25) is 0 Å². The fourth-order valence-electron chi connectivity index (χ4n) is 2.05. The average molecular weight is 335 g/mol. The lowest BCUT2D eigenvalue weighted by molar-refractivity contribution is -0.138. The third-order valence-electron chi connectivity index (χ3n) is 3.02. The molecule has 0 unspecified atom stereocenters. The minimum absolute atomic E-state index is 0.311. The molecule has 2 N–H and O–H groups in total. The van der Waals surface area contributed by atoms with Crippen molar-refractivity contribution in [1.82, 2.24) is 4.98 Å². The SMILES string of the molecule is OB(O)c1c(C(F)(F)F)ccnc1-c1cccc(C(F)(F)F)c1. The number of alkyl halides is 6. The number of rotatable bonds is 2. The fourth-order valence-corrected chi connectivity index (χ4v) is 2.05. The normalized spacial score (nSPS) is 12.3. The molecule has 0 saturated heterocycles. The zero-order valence-corrected chi connectivity index (χ0v) is 11.2. The first-order chi connectivity index (χ1) is 10.5. The maximum absolute atomic E-state index is 12.9. The summed E-state index contributed by atoms with van der Waals surface area (Å²) in [5.41, 5.74) is -4.36. The van der Waals surface area contributed by atoms with Gasteiger partial charge < -0.3 is 10.0 Å². The third kappa shape index (κ3) is 3.65. The van der Waals surface area contributed by atoms with Crippen molar-refractivity contribution < 1.29 is 36.4 Å². The van der Waals surface area contributed by atoms with E-state index in [1.165, 1.54) is 0 Å². The number of aromatic nitrogens is 1. The second-order valence-electron chi connectivity index (χ2n) is 4.57. The van der Waals surface area contributed by atoms with Crippen LogP contribution in [0, 0.1) is 0 Å². The summed E-state index contributed by atoms with van der Waals surface area (Å²) >= 11 is 0. The molecule has 122 valence electrons. The van der Waals surface area contributed by atoms with E-state index in [9.17, 15) is 36.4 Å². The van der Waals surface area contributed by atoms with Crippen molar-refractivity contribution in [2.45, 2.75) is 12.4 Å². The molecule has 0 aliphatic carbocycles. The van der Waals surface area contributed by atoms with E-state index in [0.29, 0.717) is 12.1 Å². The summed E-state index contributed by atoms with van der Waals surface area (Å²) in [4.78, 5) is 3.58. The van der Waals surface area contributed by atoms with Crippen LogP contribution in [0.15, 0.2) is 36.5 Å². The van der Waals surface area contributed by atoms with Crippen LogP contribution in [0.5, 0.6) is 0 Å². The first kappa shape index (κ1) is 17.3. The predicted molar refractivity (Wildman–Crippen MR) is 69.5 cm³/mol. The molecular weight excluding hydrogens is 327 g/mol. The Labute approximate surface area is 126 Å². The predicted octanol–water partition coefficient (Wildman–Crippen LogP) is 2.47. The maximum Gasteiger partial charge on any atom is 0.491 e. The van der Waals surface area contributed by atoms with Gasteiger partial charge >= 0.3 is 19.5 Å². The molecular formula is C13H8BF6NO2. The zero-order valence-electron chi connectivity index (χ0n) is 11.2. The lowest BCUT2D eigenvalue weighted by atomic mass is 9.74. The Morgan fingerprint density at radius 1 is 0.913 bits per heavy atom. The first-order valence-corrected chi connectivity index (χ1v) is 6.11. The molecule has 1 aromatic heterocycles. The van der Waals surface area contributed by atoms with Crippen LogP contribution >= 0.6 is 0 Å². The van der Waals surface area contributed by atoms with E-state index < -0.39 is 41.8 Å². The lowest BCUT2D eigenvalue weighted by Crippen LogP contribution is -2.38. The molecule has 0 aliphatic heterocycles. The van der Waals surface area contributed by atoms with E-state index in [-0.39, 0.29) is 5.56 Å². The highest BCUT2D eigenvalue weighted by Gasteiger charge is 2.38. The monoisotopic (exact) mass is 335 g/mol. The van der Waals surface area contributed by atoms with Crippen LogP contribution in [0.1, 0.15) is 11.1 Å². The van der Waals surface area contributed by atoms with Crippen molar-refractivity contribution in [3.05, 3.63) is 47.7 Å². The maximum atomic E-state index is 12.9. The highest BCUT2D eigenvalue weighted by atomic mass is 19.4. The van der Waals surface area contributed by atoms with Crippen molar-refractivity contribution in [1.29, 1.82) is 0 Å². The van der Waals surface area contributed by atoms with Crippen LogP contribution in [0.25, 0.3) is 11.3 Å². The van der Waals surface area contributed by atoms with Crippen molar-refractivity contribution in [2.75, 3.05) is 0 Å². The van der Waals surface area contributed by atoms with Gasteiger partial charge in [-0.15, -0.1) is 0 Å². The average Bonchev–Trinajstić information content (AvgIpc) is 2.44. The Balaban J connectivity index is 2.70. The van der Waals surface area contributed by atoms with Gasteiger partial charge in [0.25, 0.3) is 0 Å². The summed E-state index contributed by atoms with van der Waals surface area (Å²) < 4.78 is 77.0. The van der Waals surface area contributed by atoms with Gasteiger partial charge in [0.1, 0.15) is 0 Å². The smallest absolute Gasteiger partial charge is 0.423 e. The fraction of sp³-hybridized carbons (Fsp3) is 0.154. The third-order valence-corrected chi connectivity index (χ3v) is 3.02. The minimum atomic E-state index is -4.92. The molecule has 23 heavy (non-hydrogen) atoms. The van der Waals surface area contributed by atoms with Gasteiger partial charge in [-0.3, -0.25) is 4.98 Å². The van der Waals surface area contributed by atoms with E-state index in [2.05, 4.69) is 4.98 Å². The van der Waals surface area contributed by atoms with E-state index >= 15 is 0 Å². The van der Waals surface area contributed by atoms with Gasteiger partial charge in [-0.2, -0.15) is 26.3 Å². The number of benzene rings is 1. The largest absolute Gasteiger partial charge is 0.491 e. The van der Waals surface area contributed by atoms with Gasteiger partial charge in [0, 0.05) is 17.2 Å². The summed E-state index contributed by atoms with van der Waals surface area (Å²) in [6, 6.07) is 3.95. The molecule has 3 nitrogen and oxygen atoms in total. The Morgan fingerprint density at radius 3 is 2.09 bits per heavy atom. The Kier molecular flexibility index (Phi) is 4.40. The van der Waals surface area contributed by atoms with Gasteiger partial charge in [0.05, 0.1) is 16.8 Å². The zero-order chi connectivity index (χ0) is 17.4. The molecule has 0 spiro atoms. The van der Waals surface area contributed by atoms with Gasteiger partial charge in [0.15, 0.2) is 0 Å². The number of nitrogens with zero attached hydrogens (tertiary/aromatic N) is 1. The van der Waals surface area contributed by atoms with E-state index in [0.717, 1.165) is 24.4 Å². The number of pyridine rings is 1. The second-order valence-corrected chi connectivity index (χ2v) is 4.57. The summed E-state index contributed by atoms with van der Waals surface area (Å²) in [5.74, 6) is 0. The van der Waals surface area contributed by atoms with Crippen LogP contribution in [0.4, 0.5) is 26.3 Å². The number of hydrogen-bond donors (Lipinski definition) is 2. The van der Waals surface area contributed by atoms with Gasteiger partial charge in [-0.25, -0.2) is 0 Å².